The smallest absolute Gasteiger partial charge is 0.0710 e. The molecule has 39 heavy (non-hydrogen) atoms. The van der Waals surface area contributed by atoms with Gasteiger partial charge in [-0.05, 0) is 70.5 Å². The molecule has 5 aromatic carbocycles. The first-order valence-corrected chi connectivity index (χ1v) is 14.4. The molecule has 0 spiro atoms. The van der Waals surface area contributed by atoms with Crippen LogP contribution in [0.25, 0.3) is 33.1 Å². The van der Waals surface area contributed by atoms with Gasteiger partial charge in [0.2, 0.25) is 0 Å². The molecule has 0 atom stereocenters. The molecule has 186 valence electrons. The third kappa shape index (κ3) is 3.19. The van der Waals surface area contributed by atoms with E-state index in [4.69, 9.17) is 0 Å². The van der Waals surface area contributed by atoms with Gasteiger partial charge in [-0.3, -0.25) is 0 Å². The van der Waals surface area contributed by atoms with Crippen molar-refractivity contribution in [3.05, 3.63) is 166 Å². The van der Waals surface area contributed by atoms with Crippen molar-refractivity contribution in [2.24, 2.45) is 0 Å². The van der Waals surface area contributed by atoms with Crippen LogP contribution >= 0.6 is 15.9 Å². The zero-order valence-electron chi connectivity index (χ0n) is 21.4. The highest BCUT2D eigenvalue weighted by Gasteiger charge is 2.47. The molecule has 6 aromatic rings. The Morgan fingerprint density at radius 1 is 0.590 bits per heavy atom. The number of allylic oxidation sites excluding steroid dienone is 4. The molecule has 0 N–H and O–H groups in total. The Labute approximate surface area is 236 Å². The average Bonchev–Trinajstić information content (AvgIpc) is 3.48. The van der Waals surface area contributed by atoms with E-state index in [1.165, 1.54) is 60.9 Å². The number of nitrogens with zero attached hydrogens (tertiary/aromatic N) is 1. The maximum atomic E-state index is 3.75. The van der Waals surface area contributed by atoms with Gasteiger partial charge in [-0.2, -0.15) is 0 Å². The largest absolute Gasteiger partial charge is 0.313 e. The molecule has 1 heterocycles. The average molecular weight is 565 g/mol. The van der Waals surface area contributed by atoms with Gasteiger partial charge in [-0.25, -0.2) is 0 Å². The summed E-state index contributed by atoms with van der Waals surface area (Å²) >= 11 is 3.75. The predicted molar refractivity (Wildman–Crippen MR) is 167 cm³/mol. The molecular weight excluding hydrogens is 538 g/mol. The molecule has 0 fully saturated rings. The van der Waals surface area contributed by atoms with E-state index in [0.29, 0.717) is 0 Å². The molecule has 1 nitrogen and oxygen atoms in total. The third-order valence-electron chi connectivity index (χ3n) is 8.66. The third-order valence-corrected chi connectivity index (χ3v) is 9.16. The van der Waals surface area contributed by atoms with Crippen molar-refractivity contribution >= 4 is 49.0 Å². The van der Waals surface area contributed by atoms with Crippen molar-refractivity contribution < 1.29 is 0 Å². The highest BCUT2D eigenvalue weighted by Crippen LogP contribution is 2.58. The van der Waals surface area contributed by atoms with E-state index in [1.54, 1.807) is 0 Å². The minimum absolute atomic E-state index is 0.362. The van der Waals surface area contributed by atoms with Crippen LogP contribution in [0.5, 0.6) is 0 Å². The van der Waals surface area contributed by atoms with Crippen molar-refractivity contribution in [1.82, 2.24) is 4.57 Å². The van der Waals surface area contributed by atoms with Gasteiger partial charge in [0.05, 0.1) is 16.4 Å². The van der Waals surface area contributed by atoms with Gasteiger partial charge >= 0.3 is 0 Å². The van der Waals surface area contributed by atoms with Crippen molar-refractivity contribution in [2.45, 2.75) is 18.3 Å². The number of hydrogen-bond acceptors (Lipinski definition) is 0. The van der Waals surface area contributed by atoms with Crippen molar-refractivity contribution in [1.29, 1.82) is 0 Å². The van der Waals surface area contributed by atoms with E-state index in [2.05, 4.69) is 154 Å². The molecule has 2 aliphatic carbocycles. The van der Waals surface area contributed by atoms with Gasteiger partial charge < -0.3 is 4.57 Å². The summed E-state index contributed by atoms with van der Waals surface area (Å²) in [4.78, 5) is 0. The minimum Gasteiger partial charge on any atom is -0.313 e. The Morgan fingerprint density at radius 3 is 2.00 bits per heavy atom. The number of hydrogen-bond donors (Lipinski definition) is 0. The summed E-state index contributed by atoms with van der Waals surface area (Å²) in [6, 6.07) is 46.7. The lowest BCUT2D eigenvalue weighted by molar-refractivity contribution is 0.755. The highest BCUT2D eigenvalue weighted by atomic mass is 79.9. The van der Waals surface area contributed by atoms with Gasteiger partial charge in [0.15, 0.2) is 0 Å². The Kier molecular flexibility index (Phi) is 5.08. The summed E-state index contributed by atoms with van der Waals surface area (Å²) in [6.45, 7) is 0. The standard InChI is InChI=1S/C37H26BrN/c38-27-19-21-32-31-16-8-10-18-35(31)39(36(32)23-27)28-20-22-30-29-15-7-9-17-33(29)37(34(30)24-28,25-11-3-1-4-12-25)26-13-5-2-6-14-26/h1-19,21,23-24H,20,22H2. The lowest BCUT2D eigenvalue weighted by Crippen LogP contribution is -2.30. The number of aromatic nitrogens is 1. The van der Waals surface area contributed by atoms with Crippen molar-refractivity contribution in [3.8, 4) is 0 Å². The molecule has 2 heteroatoms. The first-order chi connectivity index (χ1) is 19.3. The first kappa shape index (κ1) is 22.8. The van der Waals surface area contributed by atoms with Crippen LogP contribution in [-0.2, 0) is 5.41 Å². The number of benzene rings is 5. The number of fused-ring (bicyclic) bond motifs is 5. The van der Waals surface area contributed by atoms with E-state index < -0.39 is 0 Å². The summed E-state index contributed by atoms with van der Waals surface area (Å²) in [5.41, 5.74) is 11.8. The molecule has 8 rings (SSSR count). The second kappa shape index (κ2) is 8.69. The lowest BCUT2D eigenvalue weighted by Gasteiger charge is -2.36. The Hall–Kier alpha value is -4.14. The Balaban J connectivity index is 1.47. The summed E-state index contributed by atoms with van der Waals surface area (Å²) in [6.07, 6.45) is 4.53. The SMILES string of the molecule is Brc1ccc2c3ccccc3n(C3=CC4=C(CC3)c3ccccc3C4(c3ccccc3)c3ccccc3)c2c1. The van der Waals surface area contributed by atoms with Crippen LogP contribution in [0, 0.1) is 0 Å². The molecule has 0 radical (unpaired) electrons. The summed E-state index contributed by atoms with van der Waals surface area (Å²) in [7, 11) is 0. The quantitative estimate of drug-likeness (QED) is 0.202. The molecule has 1 aromatic heterocycles. The maximum absolute atomic E-state index is 3.75. The van der Waals surface area contributed by atoms with Gasteiger partial charge in [0, 0.05) is 20.9 Å². The van der Waals surface area contributed by atoms with Crippen LogP contribution < -0.4 is 0 Å². The predicted octanol–water partition coefficient (Wildman–Crippen LogP) is 9.99. The molecule has 0 amide bonds. The number of para-hydroxylation sites is 1. The molecule has 0 unspecified atom stereocenters. The van der Waals surface area contributed by atoms with E-state index in [1.807, 2.05) is 0 Å². The number of halogens is 1. The molecule has 0 aliphatic heterocycles. The van der Waals surface area contributed by atoms with Gasteiger partial charge in [-0.15, -0.1) is 0 Å². The monoisotopic (exact) mass is 563 g/mol. The topological polar surface area (TPSA) is 4.93 Å². The fourth-order valence-electron chi connectivity index (χ4n) is 7.14. The lowest BCUT2D eigenvalue weighted by atomic mass is 9.66. The molecular formula is C37H26BrN. The molecule has 0 saturated carbocycles. The van der Waals surface area contributed by atoms with E-state index in [0.717, 1.165) is 17.3 Å². The molecule has 0 saturated heterocycles. The van der Waals surface area contributed by atoms with Crippen LogP contribution in [0.15, 0.2) is 144 Å². The maximum Gasteiger partial charge on any atom is 0.0710 e. The summed E-state index contributed by atoms with van der Waals surface area (Å²) < 4.78 is 3.61. The van der Waals surface area contributed by atoms with E-state index in [9.17, 15) is 0 Å². The summed E-state index contributed by atoms with van der Waals surface area (Å²) in [5.74, 6) is 0. The normalized spacial score (nSPS) is 15.9. The van der Waals surface area contributed by atoms with Crippen molar-refractivity contribution in [3.63, 3.8) is 0 Å². The van der Waals surface area contributed by atoms with Crippen LogP contribution in [0.2, 0.25) is 0 Å². The number of rotatable bonds is 3. The van der Waals surface area contributed by atoms with E-state index >= 15 is 0 Å². The zero-order valence-corrected chi connectivity index (χ0v) is 23.0. The van der Waals surface area contributed by atoms with Gasteiger partial charge in [0.1, 0.15) is 0 Å². The molecule has 2 aliphatic rings. The second-order valence-electron chi connectivity index (χ2n) is 10.6. The zero-order chi connectivity index (χ0) is 26.0. The van der Waals surface area contributed by atoms with Gasteiger partial charge in [-0.1, -0.05) is 125 Å². The minimum atomic E-state index is -0.362. The van der Waals surface area contributed by atoms with Crippen LogP contribution in [0.1, 0.15) is 35.1 Å². The van der Waals surface area contributed by atoms with Crippen molar-refractivity contribution in [2.75, 3.05) is 0 Å². The summed E-state index contributed by atoms with van der Waals surface area (Å²) in [5, 5.41) is 2.59. The Bertz CT molecular complexity index is 1920. The van der Waals surface area contributed by atoms with Gasteiger partial charge in [0.25, 0.3) is 0 Å². The fourth-order valence-corrected chi connectivity index (χ4v) is 7.49. The molecule has 0 bridgehead atoms. The fraction of sp³-hybridized carbons (Fsp3) is 0.0811. The van der Waals surface area contributed by atoms with Crippen LogP contribution in [0.3, 0.4) is 0 Å². The second-order valence-corrected chi connectivity index (χ2v) is 11.5. The Morgan fingerprint density at radius 2 is 1.23 bits per heavy atom. The first-order valence-electron chi connectivity index (χ1n) is 13.6. The van der Waals surface area contributed by atoms with E-state index in [-0.39, 0.29) is 5.41 Å². The highest BCUT2D eigenvalue weighted by molar-refractivity contribution is 9.10. The van der Waals surface area contributed by atoms with Crippen LogP contribution in [-0.4, -0.2) is 4.57 Å². The van der Waals surface area contributed by atoms with Crippen LogP contribution in [0.4, 0.5) is 0 Å².